The SMILES string of the molecule is CC[N+](CC)(CC)CCCCCCOc1ccc(N(c2ccc(C3=C(O)C(=C4C=CC(=[N+](c5ccc(OCCCCCC[N+](CC)(CC)CC)cc5)C5CCCCC5)C=C4)C3=O)cc2)C2CCCCC2)cc1. The van der Waals surface area contributed by atoms with E-state index in [1.807, 2.05) is 24.3 Å². The van der Waals surface area contributed by atoms with Crippen molar-refractivity contribution in [2.75, 3.05) is 70.5 Å². The number of rotatable bonds is 28. The van der Waals surface area contributed by atoms with Crippen molar-refractivity contribution in [3.05, 3.63) is 120 Å². The average Bonchev–Trinajstić information content (AvgIpc) is 3.43. The van der Waals surface area contributed by atoms with Gasteiger partial charge >= 0.3 is 0 Å². The van der Waals surface area contributed by atoms with Crippen LogP contribution in [0.2, 0.25) is 0 Å². The lowest BCUT2D eigenvalue weighted by Gasteiger charge is -2.36. The molecule has 0 aliphatic heterocycles. The van der Waals surface area contributed by atoms with Gasteiger partial charge in [-0.1, -0.05) is 37.8 Å². The number of Topliss-reactive ketones (excluding diaryl/α,β-unsaturated/α-hetero) is 1. The first-order valence-electron chi connectivity index (χ1n) is 29.0. The van der Waals surface area contributed by atoms with Crippen molar-refractivity contribution in [2.45, 2.75) is 169 Å². The van der Waals surface area contributed by atoms with Gasteiger partial charge < -0.3 is 28.4 Å². The van der Waals surface area contributed by atoms with Crippen LogP contribution >= 0.6 is 0 Å². The van der Waals surface area contributed by atoms with E-state index in [0.29, 0.717) is 23.2 Å². The monoisotopic (exact) mass is 982 g/mol. The first-order chi connectivity index (χ1) is 35.2. The van der Waals surface area contributed by atoms with Crippen molar-refractivity contribution in [3.63, 3.8) is 0 Å². The van der Waals surface area contributed by atoms with Gasteiger partial charge in [0.05, 0.1) is 76.7 Å². The minimum atomic E-state index is -0.107. The molecule has 0 saturated heterocycles. The summed E-state index contributed by atoms with van der Waals surface area (Å²) in [5, 5.41) is 11.5. The van der Waals surface area contributed by atoms with Crippen LogP contribution in [0.15, 0.2) is 114 Å². The Hall–Kier alpha value is -4.92. The maximum Gasteiger partial charge on any atom is 0.206 e. The summed E-state index contributed by atoms with van der Waals surface area (Å²) < 4.78 is 17.4. The lowest BCUT2D eigenvalue weighted by Crippen LogP contribution is -2.48. The van der Waals surface area contributed by atoms with Crippen LogP contribution in [0.4, 0.5) is 17.1 Å². The number of aliphatic hydroxyl groups is 1. The zero-order chi connectivity index (χ0) is 50.8. The van der Waals surface area contributed by atoms with E-state index in [9.17, 15) is 9.90 Å². The number of aliphatic hydroxyl groups excluding tert-OH is 1. The van der Waals surface area contributed by atoms with Gasteiger partial charge in [-0.3, -0.25) is 4.79 Å². The van der Waals surface area contributed by atoms with Crippen LogP contribution in [0.5, 0.6) is 11.5 Å². The Morgan fingerprint density at radius 2 is 0.972 bits per heavy atom. The maximum absolute atomic E-state index is 13.9. The fourth-order valence-electron chi connectivity index (χ4n) is 12.2. The Morgan fingerprint density at radius 3 is 1.44 bits per heavy atom. The third kappa shape index (κ3) is 13.8. The lowest BCUT2D eigenvalue weighted by molar-refractivity contribution is -0.923. The van der Waals surface area contributed by atoms with E-state index in [0.717, 1.165) is 97.1 Å². The standard InChI is InChI=1S/C64H92N4O4/c1-7-67(8-2,9-3)47-23-13-15-25-49-71-59-43-39-57(40-44-59)65(53-27-19-17-20-28-53)55-35-31-51(32-36-55)61-63(69)62(64(61)70)52-33-37-56(38-34-52)66(54-29-21-18-22-30-54)58-41-45-60(46-42-58)72-50-26-16-14-24-48-68(10-4,11-5)12-6/h31-46,53-54H,7-30,47-50H2,1-6H3/q+2/p+1. The number of carbonyl (C=O) groups excluding carboxylic acids is 1. The lowest BCUT2D eigenvalue weighted by atomic mass is 9.80. The molecular weight excluding hydrogens is 889 g/mol. The molecule has 8 nitrogen and oxygen atoms in total. The van der Waals surface area contributed by atoms with Crippen molar-refractivity contribution in [3.8, 4) is 11.5 Å². The molecule has 3 aromatic carbocycles. The normalized spacial score (nSPS) is 16.9. The first-order valence-corrected chi connectivity index (χ1v) is 29.0. The highest BCUT2D eigenvalue weighted by Crippen LogP contribution is 2.41. The predicted molar refractivity (Wildman–Crippen MR) is 301 cm³/mol. The van der Waals surface area contributed by atoms with Gasteiger partial charge in [-0.2, -0.15) is 4.58 Å². The summed E-state index contributed by atoms with van der Waals surface area (Å²) in [4.78, 5) is 16.4. The van der Waals surface area contributed by atoms with Gasteiger partial charge in [0.25, 0.3) is 0 Å². The fourth-order valence-corrected chi connectivity index (χ4v) is 12.2. The molecule has 72 heavy (non-hydrogen) atoms. The third-order valence-corrected chi connectivity index (χ3v) is 17.5. The molecule has 0 radical (unpaired) electrons. The zero-order valence-electron chi connectivity index (χ0n) is 45.7. The van der Waals surface area contributed by atoms with Crippen LogP contribution in [0, 0.1) is 0 Å². The molecule has 4 aliphatic rings. The summed E-state index contributed by atoms with van der Waals surface area (Å²) >= 11 is 0. The molecule has 390 valence electrons. The molecule has 0 heterocycles. The van der Waals surface area contributed by atoms with E-state index >= 15 is 0 Å². The maximum atomic E-state index is 13.9. The van der Waals surface area contributed by atoms with Crippen molar-refractivity contribution >= 4 is 34.1 Å². The highest BCUT2D eigenvalue weighted by Gasteiger charge is 2.37. The second-order valence-corrected chi connectivity index (χ2v) is 21.4. The van der Waals surface area contributed by atoms with Gasteiger partial charge in [0.1, 0.15) is 17.3 Å². The molecule has 8 heteroatoms. The number of benzene rings is 3. The van der Waals surface area contributed by atoms with Crippen LogP contribution in [0.1, 0.15) is 163 Å². The van der Waals surface area contributed by atoms with Gasteiger partial charge in [0.15, 0.2) is 6.04 Å². The van der Waals surface area contributed by atoms with E-state index < -0.39 is 0 Å². The number of ether oxygens (including phenoxy) is 2. The number of carbonyl (C=O) groups is 1. The fraction of sp³-hybridized carbons (Fsp3) is 0.562. The van der Waals surface area contributed by atoms with Gasteiger partial charge in [-0.25, -0.2) is 0 Å². The molecule has 4 aliphatic carbocycles. The molecule has 0 bridgehead atoms. The highest BCUT2D eigenvalue weighted by atomic mass is 16.5. The summed E-state index contributed by atoms with van der Waals surface area (Å²) in [5.74, 6) is 1.81. The Morgan fingerprint density at radius 1 is 0.528 bits per heavy atom. The van der Waals surface area contributed by atoms with Crippen LogP contribution in [0.3, 0.4) is 0 Å². The van der Waals surface area contributed by atoms with Gasteiger partial charge in [-0.15, -0.1) is 0 Å². The number of hydrogen-bond donors (Lipinski definition) is 1. The van der Waals surface area contributed by atoms with Crippen molar-refractivity contribution in [1.29, 1.82) is 0 Å². The number of anilines is 2. The van der Waals surface area contributed by atoms with Crippen LogP contribution in [-0.4, -0.2) is 108 Å². The van der Waals surface area contributed by atoms with E-state index in [1.165, 1.54) is 138 Å². The third-order valence-electron chi connectivity index (χ3n) is 17.5. The van der Waals surface area contributed by atoms with E-state index in [-0.39, 0.29) is 11.5 Å². The first kappa shape index (κ1) is 54.8. The summed E-state index contributed by atoms with van der Waals surface area (Å²) in [5.41, 5.74) is 6.81. The Labute approximate surface area is 436 Å². The Bertz CT molecular complexity index is 2280. The molecule has 0 atom stereocenters. The quantitative estimate of drug-likeness (QED) is 0.0340. The number of ketones is 1. The molecule has 1 N–H and O–H groups in total. The molecule has 7 rings (SSSR count). The van der Waals surface area contributed by atoms with Crippen LogP contribution in [-0.2, 0) is 4.79 Å². The second kappa shape index (κ2) is 27.4. The average molecular weight is 982 g/mol. The van der Waals surface area contributed by atoms with Crippen LogP contribution in [0.25, 0.3) is 5.57 Å². The summed E-state index contributed by atoms with van der Waals surface area (Å²) in [6.07, 6.45) is 30.0. The minimum Gasteiger partial charge on any atom is -0.506 e. The summed E-state index contributed by atoms with van der Waals surface area (Å²) in [6, 6.07) is 26.3. The Kier molecular flexibility index (Phi) is 20.9. The summed E-state index contributed by atoms with van der Waals surface area (Å²) in [7, 11) is 0. The van der Waals surface area contributed by atoms with Crippen molar-refractivity contribution < 1.29 is 32.9 Å². The molecule has 2 fully saturated rings. The molecule has 2 saturated carbocycles. The van der Waals surface area contributed by atoms with E-state index in [4.69, 9.17) is 9.47 Å². The molecular formula is C64H93N4O4+3. The van der Waals surface area contributed by atoms with E-state index in [1.54, 1.807) is 0 Å². The zero-order valence-corrected chi connectivity index (χ0v) is 45.7. The largest absolute Gasteiger partial charge is 0.506 e. The molecule has 0 unspecified atom stereocenters. The number of unbranched alkanes of at least 4 members (excludes halogenated alkanes) is 6. The van der Waals surface area contributed by atoms with Gasteiger partial charge in [0, 0.05) is 54.5 Å². The number of allylic oxidation sites excluding steroid dienone is 7. The number of quaternary nitrogens is 2. The number of nitrogens with zero attached hydrogens (tertiary/aromatic N) is 4. The Balaban J connectivity index is 0.972. The van der Waals surface area contributed by atoms with E-state index in [2.05, 4.69) is 124 Å². The minimum absolute atomic E-state index is 0.0801. The summed E-state index contributed by atoms with van der Waals surface area (Å²) in [6.45, 7) is 25.4. The smallest absolute Gasteiger partial charge is 0.206 e. The second-order valence-electron chi connectivity index (χ2n) is 21.4. The van der Waals surface area contributed by atoms with Crippen LogP contribution < -0.4 is 14.4 Å². The highest BCUT2D eigenvalue weighted by molar-refractivity contribution is 6.39. The van der Waals surface area contributed by atoms with Gasteiger partial charge in [0.2, 0.25) is 17.2 Å². The van der Waals surface area contributed by atoms with Crippen molar-refractivity contribution in [2.24, 2.45) is 0 Å². The predicted octanol–water partition coefficient (Wildman–Crippen LogP) is 15.2. The molecule has 3 aromatic rings. The topological polar surface area (TPSA) is 62.0 Å². The van der Waals surface area contributed by atoms with Crippen molar-refractivity contribution in [1.82, 2.24) is 0 Å². The van der Waals surface area contributed by atoms with Gasteiger partial charge in [-0.05, 0) is 190 Å². The molecule has 0 aromatic heterocycles. The molecule has 0 amide bonds. The number of hydrogen-bond acceptors (Lipinski definition) is 5. The molecule has 0 spiro atoms.